The van der Waals surface area contributed by atoms with Crippen LogP contribution in [0.1, 0.15) is 25.0 Å². The van der Waals surface area contributed by atoms with E-state index < -0.39 is 42.2 Å². The minimum Gasteiger partial charge on any atom is -0.459 e. The topological polar surface area (TPSA) is 143 Å². The van der Waals surface area contributed by atoms with Crippen LogP contribution in [0.2, 0.25) is 1.41 Å². The number of aliphatic hydroxyl groups is 1. The van der Waals surface area contributed by atoms with Gasteiger partial charge in [0.2, 0.25) is 12.1 Å². The highest BCUT2D eigenvalue weighted by atomic mass is 16.5. The second kappa shape index (κ2) is 12.8. The SMILES string of the molecule is [2H]N(C(=O)OCc1ccccc1)[C@@H](C)C(=O)NC(O)C(=O)N[C@@H](C)C(=O)OCc1ccccc1. The quantitative estimate of drug-likeness (QED) is 0.307. The number of amides is 3. The van der Waals surface area contributed by atoms with Gasteiger partial charge in [-0.15, -0.1) is 0 Å². The van der Waals surface area contributed by atoms with Gasteiger partial charge in [0.05, 0.1) is 0 Å². The van der Waals surface area contributed by atoms with Crippen LogP contribution in [0.25, 0.3) is 0 Å². The van der Waals surface area contributed by atoms with Crippen molar-refractivity contribution in [2.75, 3.05) is 0 Å². The van der Waals surface area contributed by atoms with Gasteiger partial charge < -0.3 is 30.5 Å². The van der Waals surface area contributed by atoms with Crippen LogP contribution in [0.4, 0.5) is 4.79 Å². The Morgan fingerprint density at radius 3 is 1.88 bits per heavy atom. The third-order valence-corrected chi connectivity index (χ3v) is 4.35. The standard InChI is InChI=1S/C23H27N3O7/c1-15(25-23(31)33-14-18-11-7-4-8-12-18)19(27)26-21(29)20(28)24-16(2)22(30)32-13-17-9-5-3-6-10-17/h3-12,15-16,21,29H,13-14H2,1-2H3,(H,24,28)(H,25,31)(H,26,27)/t15-,16-,21?/m0/s1/i/hD. The predicted molar refractivity (Wildman–Crippen MR) is 117 cm³/mol. The molecule has 1 unspecified atom stereocenters. The Morgan fingerprint density at radius 1 is 0.818 bits per heavy atom. The molecule has 0 saturated heterocycles. The lowest BCUT2D eigenvalue weighted by molar-refractivity contribution is -0.150. The van der Waals surface area contributed by atoms with Crippen molar-refractivity contribution in [1.82, 2.24) is 15.9 Å². The van der Waals surface area contributed by atoms with E-state index in [1.807, 2.05) is 11.4 Å². The predicted octanol–water partition coefficient (Wildman–Crippen LogP) is 0.984. The first-order chi connectivity index (χ1) is 16.2. The molecule has 3 amide bonds. The first kappa shape index (κ1) is 23.7. The highest BCUT2D eigenvalue weighted by Crippen LogP contribution is 2.03. The van der Waals surface area contributed by atoms with E-state index in [-0.39, 0.29) is 18.5 Å². The Kier molecular flexibility index (Phi) is 9.22. The average Bonchev–Trinajstić information content (AvgIpc) is 2.85. The molecule has 0 aliphatic heterocycles. The maximum Gasteiger partial charge on any atom is 0.408 e. The normalized spacial score (nSPS) is 13.5. The van der Waals surface area contributed by atoms with E-state index in [2.05, 4.69) is 5.32 Å². The zero-order valence-corrected chi connectivity index (χ0v) is 18.3. The van der Waals surface area contributed by atoms with E-state index in [1.165, 1.54) is 13.8 Å². The number of ether oxygens (including phenoxy) is 2. The third kappa shape index (κ3) is 8.99. The molecule has 10 nitrogen and oxygen atoms in total. The van der Waals surface area contributed by atoms with Gasteiger partial charge in [0.25, 0.3) is 5.91 Å². The summed E-state index contributed by atoms with van der Waals surface area (Å²) in [4.78, 5) is 48.4. The third-order valence-electron chi connectivity index (χ3n) is 4.35. The lowest BCUT2D eigenvalue weighted by Crippen LogP contribution is -2.54. The molecule has 0 aromatic heterocycles. The van der Waals surface area contributed by atoms with E-state index in [9.17, 15) is 24.3 Å². The van der Waals surface area contributed by atoms with Gasteiger partial charge in [-0.1, -0.05) is 60.7 Å². The molecule has 0 aliphatic carbocycles. The number of carbonyl (C=O) groups is 4. The van der Waals surface area contributed by atoms with Crippen molar-refractivity contribution >= 4 is 23.9 Å². The van der Waals surface area contributed by atoms with Gasteiger partial charge in [-0.3, -0.25) is 9.59 Å². The summed E-state index contributed by atoms with van der Waals surface area (Å²) >= 11 is 0. The van der Waals surface area contributed by atoms with Gasteiger partial charge in [0.1, 0.15) is 25.3 Å². The van der Waals surface area contributed by atoms with E-state index in [4.69, 9.17) is 10.9 Å². The summed E-state index contributed by atoms with van der Waals surface area (Å²) in [5, 5.41) is 14.4. The summed E-state index contributed by atoms with van der Waals surface area (Å²) in [6.07, 6.45) is -3.10. The highest BCUT2D eigenvalue weighted by Gasteiger charge is 2.25. The fourth-order valence-corrected chi connectivity index (χ4v) is 2.50. The molecule has 33 heavy (non-hydrogen) atoms. The highest BCUT2D eigenvalue weighted by molar-refractivity contribution is 5.91. The maximum absolute atomic E-state index is 12.2. The molecule has 0 heterocycles. The van der Waals surface area contributed by atoms with Crippen molar-refractivity contribution in [3.05, 3.63) is 71.8 Å². The van der Waals surface area contributed by atoms with E-state index >= 15 is 0 Å². The number of rotatable bonds is 10. The summed E-state index contributed by atoms with van der Waals surface area (Å²) in [6.45, 7) is 2.50. The van der Waals surface area contributed by atoms with Crippen molar-refractivity contribution in [1.29, 1.82) is 0 Å². The molecule has 176 valence electrons. The summed E-state index contributed by atoms with van der Waals surface area (Å²) in [5.74, 6) is -2.77. The van der Waals surface area contributed by atoms with E-state index in [1.54, 1.807) is 54.6 Å². The van der Waals surface area contributed by atoms with Crippen LogP contribution in [-0.2, 0) is 37.1 Å². The summed E-state index contributed by atoms with van der Waals surface area (Å²) in [5.41, 5.74) is 1.46. The first-order valence-electron chi connectivity index (χ1n) is 10.6. The summed E-state index contributed by atoms with van der Waals surface area (Å²) < 4.78 is 17.8. The maximum atomic E-state index is 12.2. The zero-order chi connectivity index (χ0) is 25.1. The fourth-order valence-electron chi connectivity index (χ4n) is 2.50. The van der Waals surface area contributed by atoms with Gasteiger partial charge in [0.15, 0.2) is 1.41 Å². The van der Waals surface area contributed by atoms with Crippen molar-refractivity contribution < 1.29 is 35.2 Å². The molecule has 0 fully saturated rings. The molecule has 0 spiro atoms. The number of aliphatic hydroxyl groups excluding tert-OH is 1. The van der Waals surface area contributed by atoms with Gasteiger partial charge in [-0.05, 0) is 25.0 Å². The zero-order valence-electron chi connectivity index (χ0n) is 19.3. The minimum atomic E-state index is -2.02. The summed E-state index contributed by atoms with van der Waals surface area (Å²) in [6, 6.07) is 15.2. The van der Waals surface area contributed by atoms with Crippen LogP contribution in [0.3, 0.4) is 0 Å². The lowest BCUT2D eigenvalue weighted by atomic mass is 10.2. The largest absolute Gasteiger partial charge is 0.459 e. The number of alkyl carbamates (subject to hydrolysis) is 1. The molecule has 0 bridgehead atoms. The number of benzene rings is 2. The Labute approximate surface area is 192 Å². The van der Waals surface area contributed by atoms with E-state index in [0.29, 0.717) is 5.56 Å². The monoisotopic (exact) mass is 458 g/mol. The second-order valence-electron chi connectivity index (χ2n) is 7.08. The Balaban J connectivity index is 1.77. The summed E-state index contributed by atoms with van der Waals surface area (Å²) in [7, 11) is 0. The van der Waals surface area contributed by atoms with Crippen LogP contribution < -0.4 is 15.9 Å². The Hall–Kier alpha value is -3.92. The van der Waals surface area contributed by atoms with Gasteiger partial charge in [-0.25, -0.2) is 9.59 Å². The Bertz CT molecular complexity index is 975. The second-order valence-corrected chi connectivity index (χ2v) is 7.08. The number of nitrogens with one attached hydrogen (secondary N) is 3. The molecular weight excluding hydrogens is 430 g/mol. The van der Waals surface area contributed by atoms with Crippen LogP contribution in [0, 0.1) is 0 Å². The average molecular weight is 458 g/mol. The minimum absolute atomic E-state index is 0.0103. The van der Waals surface area contributed by atoms with Crippen molar-refractivity contribution in [3.63, 3.8) is 0 Å². The molecule has 4 N–H and O–H groups in total. The number of esters is 1. The Morgan fingerprint density at radius 2 is 1.33 bits per heavy atom. The molecule has 10 heteroatoms. The lowest BCUT2D eigenvalue weighted by Gasteiger charge is -2.19. The fraction of sp³-hybridized carbons (Fsp3) is 0.304. The number of hydrogen-bond acceptors (Lipinski definition) is 7. The van der Waals surface area contributed by atoms with Crippen molar-refractivity contribution in [3.8, 4) is 0 Å². The molecule has 3 atom stereocenters. The van der Waals surface area contributed by atoms with Gasteiger partial charge in [0, 0.05) is 0 Å². The van der Waals surface area contributed by atoms with Crippen molar-refractivity contribution in [2.24, 2.45) is 0 Å². The van der Waals surface area contributed by atoms with Crippen molar-refractivity contribution in [2.45, 2.75) is 45.4 Å². The molecule has 2 rings (SSSR count). The van der Waals surface area contributed by atoms with Crippen LogP contribution in [0.5, 0.6) is 0 Å². The molecule has 0 saturated carbocycles. The molecule has 0 aliphatic rings. The van der Waals surface area contributed by atoms with Crippen LogP contribution in [0.15, 0.2) is 60.7 Å². The van der Waals surface area contributed by atoms with Gasteiger partial charge in [-0.2, -0.15) is 0 Å². The smallest absolute Gasteiger partial charge is 0.408 e. The number of carbonyl (C=O) groups excluding carboxylic acids is 4. The molecule has 2 aromatic rings. The van der Waals surface area contributed by atoms with Crippen LogP contribution >= 0.6 is 0 Å². The van der Waals surface area contributed by atoms with Gasteiger partial charge >= 0.3 is 12.1 Å². The molecule has 0 radical (unpaired) electrons. The molecule has 2 aromatic carbocycles. The van der Waals surface area contributed by atoms with E-state index in [0.717, 1.165) is 5.56 Å². The first-order valence-corrected chi connectivity index (χ1v) is 10.2. The van der Waals surface area contributed by atoms with Crippen LogP contribution in [-0.4, -0.2) is 47.3 Å². The number of hydrogen-bond donors (Lipinski definition) is 4. The molecular formula is C23H27N3O7.